The number of carbonyl (C=O) groups is 2. The van der Waals surface area contributed by atoms with E-state index in [9.17, 15) is 9.59 Å². The third-order valence-corrected chi connectivity index (χ3v) is 4.31. The quantitative estimate of drug-likeness (QED) is 0.376. The van der Waals surface area contributed by atoms with E-state index in [1.807, 2.05) is 0 Å². The summed E-state index contributed by atoms with van der Waals surface area (Å²) in [6.45, 7) is 3.63. The Bertz CT molecular complexity index is 537. The van der Waals surface area contributed by atoms with Crippen molar-refractivity contribution in [1.29, 1.82) is 0 Å². The van der Waals surface area contributed by atoms with E-state index in [0.29, 0.717) is 25.1 Å². The van der Waals surface area contributed by atoms with Crippen LogP contribution in [0.1, 0.15) is 67.8 Å². The van der Waals surface area contributed by atoms with Crippen molar-refractivity contribution in [3.05, 3.63) is 41.1 Å². The van der Waals surface area contributed by atoms with E-state index < -0.39 is 6.04 Å². The van der Waals surface area contributed by atoms with E-state index in [4.69, 9.17) is 11.5 Å². The molecule has 0 heterocycles. The first kappa shape index (κ1) is 26.9. The Balaban J connectivity index is 0.00000676. The van der Waals surface area contributed by atoms with Crippen LogP contribution in [-0.2, 0) is 11.3 Å². The van der Waals surface area contributed by atoms with E-state index in [2.05, 4.69) is 17.6 Å². The summed E-state index contributed by atoms with van der Waals surface area (Å²) in [6.07, 6.45) is 6.71. The van der Waals surface area contributed by atoms with Gasteiger partial charge >= 0.3 is 58.2 Å². The summed E-state index contributed by atoms with van der Waals surface area (Å²) < 4.78 is 0. The van der Waals surface area contributed by atoms with E-state index in [0.717, 1.165) is 31.2 Å². The second-order valence-corrected chi connectivity index (χ2v) is 6.58. The minimum atomic E-state index is -0.478. The van der Waals surface area contributed by atoms with Gasteiger partial charge < -0.3 is 22.1 Å². The Morgan fingerprint density at radius 1 is 1.00 bits per heavy atom. The van der Waals surface area contributed by atoms with Crippen molar-refractivity contribution in [2.24, 2.45) is 5.73 Å². The fraction of sp³-hybridized carbons (Fsp3) is 0.600. The smallest absolute Gasteiger partial charge is 0.674 e. The van der Waals surface area contributed by atoms with Gasteiger partial charge in [0.15, 0.2) is 0 Å². The van der Waals surface area contributed by atoms with Crippen molar-refractivity contribution >= 4 is 11.8 Å². The number of unbranched alkanes of at least 4 members (excludes halogenated alkanes) is 4. The second-order valence-electron chi connectivity index (χ2n) is 6.58. The van der Waals surface area contributed by atoms with E-state index >= 15 is 0 Å². The van der Waals surface area contributed by atoms with Crippen molar-refractivity contribution in [3.8, 4) is 0 Å². The minimum absolute atomic E-state index is 0. The van der Waals surface area contributed by atoms with Crippen LogP contribution in [0, 0.1) is 0 Å². The number of nitrogens with one attached hydrogen (secondary N) is 3. The van der Waals surface area contributed by atoms with Gasteiger partial charge in [0.05, 0.1) is 6.04 Å². The fourth-order valence-corrected chi connectivity index (χ4v) is 2.59. The molecule has 7 heteroatoms. The molecular weight excluding hydrogens is 414 g/mol. The summed E-state index contributed by atoms with van der Waals surface area (Å²) in [6, 6.07) is 6.58. The van der Waals surface area contributed by atoms with Crippen LogP contribution in [0.25, 0.3) is 5.73 Å². The zero-order valence-corrected chi connectivity index (χ0v) is 21.8. The Labute approximate surface area is 212 Å². The first-order valence-electron chi connectivity index (χ1n) is 9.63. The summed E-state index contributed by atoms with van der Waals surface area (Å²) in [4.78, 5) is 23.9. The van der Waals surface area contributed by atoms with Gasteiger partial charge in [0.1, 0.15) is 0 Å². The topological polar surface area (TPSA) is 108 Å². The summed E-state index contributed by atoms with van der Waals surface area (Å²) in [7, 11) is 0. The number of benzene rings is 1. The van der Waals surface area contributed by atoms with Crippen LogP contribution >= 0.6 is 0 Å². The van der Waals surface area contributed by atoms with Gasteiger partial charge in [-0.15, -0.1) is 6.54 Å². The third kappa shape index (κ3) is 12.1. The SMILES string of the molecule is CCCCCCNC(=O)[C@H](N)CCCCNC(=O)c1ccc(C[NH-])cc1.[Rb+]. The summed E-state index contributed by atoms with van der Waals surface area (Å²) in [5.41, 5.74) is 14.7. The third-order valence-electron chi connectivity index (χ3n) is 4.31. The second kappa shape index (κ2) is 16.8. The van der Waals surface area contributed by atoms with Crippen molar-refractivity contribution in [2.45, 2.75) is 64.5 Å². The van der Waals surface area contributed by atoms with Crippen LogP contribution in [0.4, 0.5) is 0 Å². The van der Waals surface area contributed by atoms with Gasteiger partial charge in [-0.3, -0.25) is 9.59 Å². The number of hydrogen-bond donors (Lipinski definition) is 3. The molecule has 0 fully saturated rings. The molecule has 0 unspecified atom stereocenters. The van der Waals surface area contributed by atoms with Gasteiger partial charge in [-0.1, -0.05) is 43.9 Å². The molecule has 0 saturated carbocycles. The molecule has 0 aromatic heterocycles. The molecule has 5 N–H and O–H groups in total. The predicted octanol–water partition coefficient (Wildman–Crippen LogP) is 0.167. The molecule has 146 valence electrons. The van der Waals surface area contributed by atoms with Crippen molar-refractivity contribution in [1.82, 2.24) is 10.6 Å². The van der Waals surface area contributed by atoms with Crippen LogP contribution in [0.3, 0.4) is 0 Å². The monoisotopic (exact) mass is 446 g/mol. The van der Waals surface area contributed by atoms with E-state index in [1.54, 1.807) is 24.3 Å². The molecule has 0 spiro atoms. The van der Waals surface area contributed by atoms with Crippen LogP contribution in [0.15, 0.2) is 24.3 Å². The Morgan fingerprint density at radius 3 is 2.26 bits per heavy atom. The average molecular weight is 447 g/mol. The number of hydrogen-bond acceptors (Lipinski definition) is 3. The van der Waals surface area contributed by atoms with Gasteiger partial charge in [0.2, 0.25) is 5.91 Å². The molecule has 1 atom stereocenters. The van der Waals surface area contributed by atoms with E-state index in [-0.39, 0.29) is 76.5 Å². The number of amides is 2. The molecule has 0 aliphatic rings. The van der Waals surface area contributed by atoms with Crippen molar-refractivity contribution in [3.63, 3.8) is 0 Å². The van der Waals surface area contributed by atoms with Gasteiger partial charge in [0, 0.05) is 18.7 Å². The van der Waals surface area contributed by atoms with E-state index in [1.165, 1.54) is 12.8 Å². The number of rotatable bonds is 13. The Hall–Kier alpha value is -0.115. The first-order valence-corrected chi connectivity index (χ1v) is 9.63. The number of carbonyl (C=O) groups excluding carboxylic acids is 2. The van der Waals surface area contributed by atoms with Gasteiger partial charge in [0.25, 0.3) is 5.91 Å². The largest absolute Gasteiger partial charge is 1.00 e. The van der Waals surface area contributed by atoms with Crippen molar-refractivity contribution in [2.75, 3.05) is 13.1 Å². The molecule has 0 saturated heterocycles. The van der Waals surface area contributed by atoms with Gasteiger partial charge in [-0.2, -0.15) is 0 Å². The van der Waals surface area contributed by atoms with Crippen LogP contribution < -0.4 is 74.6 Å². The number of nitrogens with two attached hydrogens (primary N) is 1. The molecular formula is C20H33N4O2Rb. The molecule has 1 rings (SSSR count). The molecule has 1 aromatic carbocycles. The maximum absolute atomic E-state index is 12.0. The van der Waals surface area contributed by atoms with Crippen LogP contribution in [-0.4, -0.2) is 30.9 Å². The Kier molecular flexibility index (Phi) is 16.7. The van der Waals surface area contributed by atoms with Gasteiger partial charge in [-0.25, -0.2) is 0 Å². The summed E-state index contributed by atoms with van der Waals surface area (Å²) in [5, 5.41) is 5.75. The maximum Gasteiger partial charge on any atom is 1.00 e. The zero-order valence-electron chi connectivity index (χ0n) is 16.9. The molecule has 6 nitrogen and oxygen atoms in total. The molecule has 0 bridgehead atoms. The normalized spacial score (nSPS) is 11.4. The zero-order chi connectivity index (χ0) is 19.2. The maximum atomic E-state index is 12.0. The standard InChI is InChI=1S/C20H33N4O2.Rb/c1-2-3-4-6-13-24-20(26)18(22)8-5-7-14-23-19(25)17-11-9-16(15-21)10-12-17;/h9-12,18,21H,2-8,13-15,22H2,1H3,(H,23,25)(H,24,26);/q-1;+1/t18-;/m1./s1. The molecule has 0 aliphatic heterocycles. The molecule has 0 aliphatic carbocycles. The molecule has 1 aromatic rings. The van der Waals surface area contributed by atoms with Gasteiger partial charge in [-0.05, 0) is 37.8 Å². The minimum Gasteiger partial charge on any atom is -0.674 e. The summed E-state index contributed by atoms with van der Waals surface area (Å²) in [5.74, 6) is -0.198. The molecule has 2 amide bonds. The molecule has 0 radical (unpaired) electrons. The predicted molar refractivity (Wildman–Crippen MR) is 106 cm³/mol. The Morgan fingerprint density at radius 2 is 1.63 bits per heavy atom. The van der Waals surface area contributed by atoms with Crippen molar-refractivity contribution < 1.29 is 67.8 Å². The van der Waals surface area contributed by atoms with Crippen LogP contribution in [0.2, 0.25) is 0 Å². The first-order chi connectivity index (χ1) is 12.6. The van der Waals surface area contributed by atoms with Crippen LogP contribution in [0.5, 0.6) is 0 Å². The molecule has 27 heavy (non-hydrogen) atoms. The summed E-state index contributed by atoms with van der Waals surface area (Å²) >= 11 is 0. The average Bonchev–Trinajstić information content (AvgIpc) is 2.67. The fourth-order valence-electron chi connectivity index (χ4n) is 2.59.